The molecule has 0 fully saturated rings. The molecule has 0 radical (unpaired) electrons. The first-order valence-corrected chi connectivity index (χ1v) is 7.27. The number of halogens is 2. The van der Waals surface area contributed by atoms with Crippen molar-refractivity contribution in [3.05, 3.63) is 58.0 Å². The lowest BCUT2D eigenvalue weighted by Crippen LogP contribution is -1.93. The SMILES string of the molecule is C=CCn1c2ccc(Br)cc2c2cc(Br)ccc21. The van der Waals surface area contributed by atoms with Crippen LogP contribution in [0.1, 0.15) is 0 Å². The first kappa shape index (κ1) is 12.0. The van der Waals surface area contributed by atoms with Gasteiger partial charge in [-0.05, 0) is 36.4 Å². The minimum Gasteiger partial charge on any atom is -0.337 e. The van der Waals surface area contributed by atoms with E-state index in [9.17, 15) is 0 Å². The molecular formula is C15H11Br2N. The van der Waals surface area contributed by atoms with Gasteiger partial charge in [-0.15, -0.1) is 6.58 Å². The van der Waals surface area contributed by atoms with E-state index >= 15 is 0 Å². The second-order valence-electron chi connectivity index (χ2n) is 4.22. The summed E-state index contributed by atoms with van der Waals surface area (Å²) >= 11 is 7.09. The molecule has 0 unspecified atom stereocenters. The minimum atomic E-state index is 0.823. The Hall–Kier alpha value is -1.06. The summed E-state index contributed by atoms with van der Waals surface area (Å²) in [6.45, 7) is 4.67. The highest BCUT2D eigenvalue weighted by molar-refractivity contribution is 9.10. The third kappa shape index (κ3) is 1.82. The lowest BCUT2D eigenvalue weighted by Gasteiger charge is -2.03. The molecule has 2 aromatic carbocycles. The Kier molecular flexibility index (Phi) is 3.04. The van der Waals surface area contributed by atoms with E-state index in [4.69, 9.17) is 0 Å². The van der Waals surface area contributed by atoms with Crippen LogP contribution in [0.2, 0.25) is 0 Å². The number of allylic oxidation sites excluding steroid dienone is 1. The maximum Gasteiger partial charge on any atom is 0.0495 e. The van der Waals surface area contributed by atoms with Crippen LogP contribution in [-0.2, 0) is 6.54 Å². The Morgan fingerprint density at radius 1 is 0.944 bits per heavy atom. The van der Waals surface area contributed by atoms with E-state index in [0.29, 0.717) is 0 Å². The fraction of sp³-hybridized carbons (Fsp3) is 0.0667. The smallest absolute Gasteiger partial charge is 0.0495 e. The van der Waals surface area contributed by atoms with Crippen molar-refractivity contribution in [3.63, 3.8) is 0 Å². The molecular weight excluding hydrogens is 354 g/mol. The quantitative estimate of drug-likeness (QED) is 0.528. The Morgan fingerprint density at radius 3 is 1.89 bits per heavy atom. The fourth-order valence-corrected chi connectivity index (χ4v) is 3.10. The maximum atomic E-state index is 3.84. The summed E-state index contributed by atoms with van der Waals surface area (Å²) < 4.78 is 4.50. The van der Waals surface area contributed by atoms with Crippen LogP contribution in [-0.4, -0.2) is 4.57 Å². The highest BCUT2D eigenvalue weighted by atomic mass is 79.9. The Balaban J connectivity index is 2.52. The first-order valence-electron chi connectivity index (χ1n) is 5.68. The molecule has 1 nitrogen and oxygen atoms in total. The number of rotatable bonds is 2. The summed E-state index contributed by atoms with van der Waals surface area (Å²) in [5, 5.41) is 2.53. The first-order chi connectivity index (χ1) is 8.70. The van der Waals surface area contributed by atoms with Crippen molar-refractivity contribution in [2.45, 2.75) is 6.54 Å². The van der Waals surface area contributed by atoms with Crippen LogP contribution in [0.5, 0.6) is 0 Å². The molecule has 1 heterocycles. The van der Waals surface area contributed by atoms with Gasteiger partial charge in [0.15, 0.2) is 0 Å². The number of hydrogen-bond donors (Lipinski definition) is 0. The molecule has 0 saturated carbocycles. The van der Waals surface area contributed by atoms with Crippen LogP contribution in [0, 0.1) is 0 Å². The molecule has 18 heavy (non-hydrogen) atoms. The van der Waals surface area contributed by atoms with Gasteiger partial charge in [0.2, 0.25) is 0 Å². The third-order valence-corrected chi connectivity index (χ3v) is 4.09. The third-order valence-electron chi connectivity index (χ3n) is 3.10. The lowest BCUT2D eigenvalue weighted by atomic mass is 10.2. The zero-order valence-corrected chi connectivity index (χ0v) is 12.8. The number of fused-ring (bicyclic) bond motifs is 3. The molecule has 3 aromatic rings. The summed E-state index contributed by atoms with van der Waals surface area (Å²) in [4.78, 5) is 0. The molecule has 0 spiro atoms. The van der Waals surface area contributed by atoms with Crippen LogP contribution in [0.4, 0.5) is 0 Å². The lowest BCUT2D eigenvalue weighted by molar-refractivity contribution is 0.901. The van der Waals surface area contributed by atoms with Gasteiger partial charge >= 0.3 is 0 Å². The van der Waals surface area contributed by atoms with Crippen molar-refractivity contribution in [2.75, 3.05) is 0 Å². The molecule has 3 heteroatoms. The van der Waals surface area contributed by atoms with Crippen LogP contribution in [0.15, 0.2) is 58.0 Å². The van der Waals surface area contributed by atoms with E-state index in [2.05, 4.69) is 79.4 Å². The Morgan fingerprint density at radius 2 is 1.44 bits per heavy atom. The van der Waals surface area contributed by atoms with Crippen molar-refractivity contribution in [1.82, 2.24) is 4.57 Å². The van der Waals surface area contributed by atoms with Gasteiger partial charge in [-0.2, -0.15) is 0 Å². The number of nitrogens with zero attached hydrogens (tertiary/aromatic N) is 1. The van der Waals surface area contributed by atoms with E-state index in [0.717, 1.165) is 15.5 Å². The minimum absolute atomic E-state index is 0.823. The van der Waals surface area contributed by atoms with Crippen LogP contribution in [0.25, 0.3) is 21.8 Å². The largest absolute Gasteiger partial charge is 0.337 e. The zero-order chi connectivity index (χ0) is 12.7. The average molecular weight is 365 g/mol. The number of benzene rings is 2. The maximum absolute atomic E-state index is 3.84. The van der Waals surface area contributed by atoms with Gasteiger partial charge < -0.3 is 4.57 Å². The van der Waals surface area contributed by atoms with Gasteiger partial charge in [-0.25, -0.2) is 0 Å². The average Bonchev–Trinajstić information content (AvgIpc) is 2.64. The normalized spacial score (nSPS) is 11.2. The van der Waals surface area contributed by atoms with Crippen LogP contribution in [0.3, 0.4) is 0 Å². The Bertz CT molecular complexity index is 697. The molecule has 0 bridgehead atoms. The second-order valence-corrected chi connectivity index (χ2v) is 6.05. The van der Waals surface area contributed by atoms with Crippen LogP contribution >= 0.6 is 31.9 Å². The van der Waals surface area contributed by atoms with Crippen LogP contribution < -0.4 is 0 Å². The standard InChI is InChI=1S/C15H11Br2N/c1-2-7-18-14-5-3-10(16)8-12(14)13-9-11(17)4-6-15(13)18/h2-6,8-9H,1,7H2. The molecule has 3 rings (SSSR count). The number of hydrogen-bond acceptors (Lipinski definition) is 0. The molecule has 0 aliphatic carbocycles. The van der Waals surface area contributed by atoms with E-state index < -0.39 is 0 Å². The van der Waals surface area contributed by atoms with Gasteiger partial charge in [0.05, 0.1) is 0 Å². The summed E-state index contributed by atoms with van der Waals surface area (Å²) in [5.41, 5.74) is 2.48. The van der Waals surface area contributed by atoms with E-state index in [1.165, 1.54) is 21.8 Å². The fourth-order valence-electron chi connectivity index (χ4n) is 2.37. The van der Waals surface area contributed by atoms with Gasteiger partial charge in [0.1, 0.15) is 0 Å². The highest BCUT2D eigenvalue weighted by Crippen LogP contribution is 2.32. The molecule has 0 aliphatic heterocycles. The van der Waals surface area contributed by atoms with Gasteiger partial charge in [-0.3, -0.25) is 0 Å². The summed E-state index contributed by atoms with van der Waals surface area (Å²) in [6, 6.07) is 12.8. The molecule has 0 N–H and O–H groups in total. The molecule has 0 saturated heterocycles. The van der Waals surface area contributed by atoms with E-state index in [1.807, 2.05) is 6.08 Å². The van der Waals surface area contributed by atoms with E-state index in [-0.39, 0.29) is 0 Å². The summed E-state index contributed by atoms with van der Waals surface area (Å²) in [6.07, 6.45) is 1.93. The topological polar surface area (TPSA) is 4.93 Å². The summed E-state index contributed by atoms with van der Waals surface area (Å²) in [5.74, 6) is 0. The zero-order valence-electron chi connectivity index (χ0n) is 9.66. The second kappa shape index (κ2) is 4.56. The van der Waals surface area contributed by atoms with Gasteiger partial charge in [0, 0.05) is 37.3 Å². The van der Waals surface area contributed by atoms with Crippen molar-refractivity contribution in [2.24, 2.45) is 0 Å². The summed E-state index contributed by atoms with van der Waals surface area (Å²) in [7, 11) is 0. The Labute approximate surface area is 122 Å². The predicted octanol–water partition coefficient (Wildman–Crippen LogP) is 5.51. The molecule has 1 aromatic heterocycles. The molecule has 0 amide bonds. The van der Waals surface area contributed by atoms with Crippen molar-refractivity contribution in [1.29, 1.82) is 0 Å². The molecule has 0 aliphatic rings. The molecule has 0 atom stereocenters. The van der Waals surface area contributed by atoms with E-state index in [1.54, 1.807) is 0 Å². The van der Waals surface area contributed by atoms with Crippen molar-refractivity contribution in [3.8, 4) is 0 Å². The van der Waals surface area contributed by atoms with Gasteiger partial charge in [0.25, 0.3) is 0 Å². The van der Waals surface area contributed by atoms with Crippen molar-refractivity contribution < 1.29 is 0 Å². The van der Waals surface area contributed by atoms with Crippen molar-refractivity contribution >= 4 is 53.7 Å². The van der Waals surface area contributed by atoms with Gasteiger partial charge in [-0.1, -0.05) is 37.9 Å². The highest BCUT2D eigenvalue weighted by Gasteiger charge is 2.10. The number of aromatic nitrogens is 1. The monoisotopic (exact) mass is 363 g/mol. The molecule has 90 valence electrons. The predicted molar refractivity (Wildman–Crippen MR) is 85.0 cm³/mol.